The molecule has 2 unspecified atom stereocenters. The number of carbonyl (C=O) groups is 1. The molecule has 0 aliphatic carbocycles. The maximum atomic E-state index is 10.8. The molecule has 0 fully saturated rings. The van der Waals surface area contributed by atoms with Crippen LogP contribution in [0.15, 0.2) is 36.4 Å². The van der Waals surface area contributed by atoms with Crippen LogP contribution in [0, 0.1) is 11.8 Å². The van der Waals surface area contributed by atoms with Crippen LogP contribution >= 0.6 is 0 Å². The molecule has 0 aromatic heterocycles. The number of carbonyl (C=O) groups excluding carboxylic acids is 1. The zero-order valence-corrected chi connectivity index (χ0v) is 14.3. The quantitative estimate of drug-likeness (QED) is 0.755. The number of phenolic OH excluding ortho intramolecular Hbond substituents is 2. The average molecular weight is 328 g/mol. The molecule has 0 bridgehead atoms. The molecule has 0 spiro atoms. The van der Waals surface area contributed by atoms with Crippen molar-refractivity contribution in [2.24, 2.45) is 11.8 Å². The molecule has 24 heavy (non-hydrogen) atoms. The van der Waals surface area contributed by atoms with Gasteiger partial charge in [-0.25, -0.2) is 0 Å². The van der Waals surface area contributed by atoms with Gasteiger partial charge in [0.25, 0.3) is 0 Å². The van der Waals surface area contributed by atoms with Gasteiger partial charge in [0.2, 0.25) is 0 Å². The Morgan fingerprint density at radius 2 is 1.50 bits per heavy atom. The lowest BCUT2D eigenvalue weighted by atomic mass is 9.85. The van der Waals surface area contributed by atoms with Gasteiger partial charge in [0.1, 0.15) is 5.75 Å². The van der Waals surface area contributed by atoms with Crippen LogP contribution in [0.5, 0.6) is 17.2 Å². The first-order valence-corrected chi connectivity index (χ1v) is 8.07. The van der Waals surface area contributed by atoms with Crippen LogP contribution in [0.4, 0.5) is 0 Å². The van der Waals surface area contributed by atoms with Crippen LogP contribution in [0.25, 0.3) is 0 Å². The zero-order chi connectivity index (χ0) is 17.7. The SMILES string of the molecule is COc1ccc(CC(C)C(C)Cc2ccc(C=O)c(O)c2)cc1O. The van der Waals surface area contributed by atoms with Gasteiger partial charge in [-0.05, 0) is 60.1 Å². The van der Waals surface area contributed by atoms with Gasteiger partial charge in [-0.15, -0.1) is 0 Å². The van der Waals surface area contributed by atoms with Gasteiger partial charge in [0.15, 0.2) is 17.8 Å². The fourth-order valence-corrected chi connectivity index (χ4v) is 2.82. The molecule has 128 valence electrons. The van der Waals surface area contributed by atoms with Crippen molar-refractivity contribution in [3.8, 4) is 17.2 Å². The third-order valence-electron chi connectivity index (χ3n) is 4.55. The Bertz CT molecular complexity index is 709. The first kappa shape index (κ1) is 17.9. The molecule has 2 aromatic rings. The Morgan fingerprint density at radius 3 is 1.96 bits per heavy atom. The van der Waals surface area contributed by atoms with E-state index in [4.69, 9.17) is 4.74 Å². The van der Waals surface area contributed by atoms with E-state index in [1.54, 1.807) is 24.3 Å². The predicted molar refractivity (Wildman–Crippen MR) is 93.9 cm³/mol. The van der Waals surface area contributed by atoms with Gasteiger partial charge in [-0.1, -0.05) is 26.0 Å². The summed E-state index contributed by atoms with van der Waals surface area (Å²) < 4.78 is 5.06. The first-order chi connectivity index (χ1) is 11.4. The highest BCUT2D eigenvalue weighted by atomic mass is 16.5. The van der Waals surface area contributed by atoms with Gasteiger partial charge in [0, 0.05) is 0 Å². The van der Waals surface area contributed by atoms with Gasteiger partial charge < -0.3 is 14.9 Å². The minimum atomic E-state index is 0.0300. The maximum Gasteiger partial charge on any atom is 0.160 e. The number of phenols is 2. The van der Waals surface area contributed by atoms with E-state index in [1.807, 2.05) is 12.1 Å². The van der Waals surface area contributed by atoms with E-state index in [0.29, 0.717) is 29.4 Å². The van der Waals surface area contributed by atoms with Crippen LogP contribution in [0.3, 0.4) is 0 Å². The van der Waals surface area contributed by atoms with Crippen molar-refractivity contribution < 1.29 is 19.7 Å². The highest BCUT2D eigenvalue weighted by molar-refractivity contribution is 5.79. The fourth-order valence-electron chi connectivity index (χ4n) is 2.82. The Labute approximate surface area is 142 Å². The summed E-state index contributed by atoms with van der Waals surface area (Å²) in [7, 11) is 1.53. The minimum absolute atomic E-state index is 0.0300. The molecule has 0 amide bonds. The summed E-state index contributed by atoms with van der Waals surface area (Å²) in [6, 6.07) is 10.7. The summed E-state index contributed by atoms with van der Waals surface area (Å²) in [6.07, 6.45) is 2.31. The number of methoxy groups -OCH3 is 1. The van der Waals surface area contributed by atoms with E-state index >= 15 is 0 Å². The Kier molecular flexibility index (Phi) is 5.85. The fraction of sp³-hybridized carbons (Fsp3) is 0.350. The molecule has 4 nitrogen and oxygen atoms in total. The second kappa shape index (κ2) is 7.86. The number of hydrogen-bond donors (Lipinski definition) is 2. The van der Waals surface area contributed by atoms with Crippen molar-refractivity contribution in [3.63, 3.8) is 0 Å². The van der Waals surface area contributed by atoms with Crippen molar-refractivity contribution in [1.29, 1.82) is 0 Å². The van der Waals surface area contributed by atoms with Crippen molar-refractivity contribution in [2.45, 2.75) is 26.7 Å². The van der Waals surface area contributed by atoms with Gasteiger partial charge in [0.05, 0.1) is 12.7 Å². The summed E-state index contributed by atoms with van der Waals surface area (Å²) in [5.74, 6) is 1.44. The molecule has 0 heterocycles. The average Bonchev–Trinajstić information content (AvgIpc) is 2.55. The third kappa shape index (κ3) is 4.28. The number of aromatic hydroxyl groups is 2. The molecule has 0 radical (unpaired) electrons. The molecule has 2 atom stereocenters. The lowest BCUT2D eigenvalue weighted by Crippen LogP contribution is -2.13. The van der Waals surface area contributed by atoms with Gasteiger partial charge in [-0.2, -0.15) is 0 Å². The minimum Gasteiger partial charge on any atom is -0.507 e. The molecule has 4 heteroatoms. The topological polar surface area (TPSA) is 66.8 Å². The summed E-state index contributed by atoms with van der Waals surface area (Å²) in [6.45, 7) is 4.34. The molecule has 0 saturated carbocycles. The van der Waals surface area contributed by atoms with Crippen LogP contribution in [-0.2, 0) is 12.8 Å². The Hall–Kier alpha value is -2.49. The second-order valence-corrected chi connectivity index (χ2v) is 6.38. The molecule has 2 N–H and O–H groups in total. The van der Waals surface area contributed by atoms with E-state index < -0.39 is 0 Å². The largest absolute Gasteiger partial charge is 0.507 e. The summed E-state index contributed by atoms with van der Waals surface area (Å²) in [5, 5.41) is 19.7. The Balaban J connectivity index is 2.01. The van der Waals surface area contributed by atoms with Gasteiger partial charge in [-0.3, -0.25) is 4.79 Å². The summed E-state index contributed by atoms with van der Waals surface area (Å²) >= 11 is 0. The number of ether oxygens (including phenoxy) is 1. The molecule has 0 saturated heterocycles. The maximum absolute atomic E-state index is 10.8. The molecular weight excluding hydrogens is 304 g/mol. The van der Waals surface area contributed by atoms with Crippen LogP contribution in [0.1, 0.15) is 35.3 Å². The lowest BCUT2D eigenvalue weighted by molar-refractivity contribution is 0.112. The van der Waals surface area contributed by atoms with Crippen molar-refractivity contribution in [2.75, 3.05) is 7.11 Å². The molecule has 0 aliphatic heterocycles. The zero-order valence-electron chi connectivity index (χ0n) is 14.3. The number of rotatable bonds is 7. The predicted octanol–water partition coefficient (Wildman–Crippen LogP) is 3.98. The Morgan fingerprint density at radius 1 is 0.958 bits per heavy atom. The van der Waals surface area contributed by atoms with Crippen LogP contribution in [0.2, 0.25) is 0 Å². The van der Waals surface area contributed by atoms with Gasteiger partial charge >= 0.3 is 0 Å². The molecule has 2 aromatic carbocycles. The molecule has 0 aliphatic rings. The third-order valence-corrected chi connectivity index (χ3v) is 4.55. The standard InChI is InChI=1S/C20H24O4/c1-13(8-15-4-6-17(12-21)18(22)10-15)14(2)9-16-5-7-20(24-3)19(23)11-16/h4-7,10-14,22-23H,8-9H2,1-3H3. The van der Waals surface area contributed by atoms with E-state index in [-0.39, 0.29) is 11.5 Å². The highest BCUT2D eigenvalue weighted by Gasteiger charge is 2.15. The summed E-state index contributed by atoms with van der Waals surface area (Å²) in [5.41, 5.74) is 2.38. The first-order valence-electron chi connectivity index (χ1n) is 8.07. The van der Waals surface area contributed by atoms with E-state index in [1.165, 1.54) is 7.11 Å². The summed E-state index contributed by atoms with van der Waals surface area (Å²) in [4.78, 5) is 10.8. The number of hydrogen-bond acceptors (Lipinski definition) is 4. The van der Waals surface area contributed by atoms with Crippen LogP contribution in [-0.4, -0.2) is 23.6 Å². The normalized spacial score (nSPS) is 13.3. The van der Waals surface area contributed by atoms with E-state index in [9.17, 15) is 15.0 Å². The van der Waals surface area contributed by atoms with Crippen molar-refractivity contribution in [3.05, 3.63) is 53.1 Å². The highest BCUT2D eigenvalue weighted by Crippen LogP contribution is 2.29. The van der Waals surface area contributed by atoms with Crippen LogP contribution < -0.4 is 4.74 Å². The molecular formula is C20H24O4. The number of aldehydes is 1. The molecule has 2 rings (SSSR count). The lowest BCUT2D eigenvalue weighted by Gasteiger charge is -2.20. The smallest absolute Gasteiger partial charge is 0.160 e. The second-order valence-electron chi connectivity index (χ2n) is 6.38. The van der Waals surface area contributed by atoms with Crippen molar-refractivity contribution in [1.82, 2.24) is 0 Å². The van der Waals surface area contributed by atoms with Crippen molar-refractivity contribution >= 4 is 6.29 Å². The monoisotopic (exact) mass is 328 g/mol. The number of benzene rings is 2. The van der Waals surface area contributed by atoms with E-state index in [0.717, 1.165) is 24.0 Å². The van der Waals surface area contributed by atoms with E-state index in [2.05, 4.69) is 13.8 Å².